The van der Waals surface area contributed by atoms with Crippen molar-refractivity contribution in [1.82, 2.24) is 0 Å². The highest BCUT2D eigenvalue weighted by atomic mass is 127. The van der Waals surface area contributed by atoms with Crippen LogP contribution in [0.4, 0.5) is 0 Å². The lowest BCUT2D eigenvalue weighted by molar-refractivity contribution is 0.502. The number of hydrogen-bond acceptors (Lipinski definition) is 2. The van der Waals surface area contributed by atoms with Crippen molar-refractivity contribution in [3.05, 3.63) is 50.6 Å². The van der Waals surface area contributed by atoms with Gasteiger partial charge in [-0.25, -0.2) is 4.79 Å². The first-order valence-electron chi connectivity index (χ1n) is 4.48. The van der Waals surface area contributed by atoms with Crippen LogP contribution in [0.1, 0.15) is 12.7 Å². The van der Waals surface area contributed by atoms with Crippen molar-refractivity contribution in [3.63, 3.8) is 0 Å². The second-order valence-corrected chi connectivity index (χ2v) is 4.44. The molecule has 2 nitrogen and oxygen atoms in total. The number of benzene rings is 1. The van der Waals surface area contributed by atoms with Crippen LogP contribution in [0.2, 0.25) is 0 Å². The zero-order valence-electron chi connectivity index (χ0n) is 8.21. The summed E-state index contributed by atoms with van der Waals surface area (Å²) < 4.78 is 6.16. The number of fused-ring (bicyclic) bond motifs is 1. The molecule has 0 atom stereocenters. The van der Waals surface area contributed by atoms with E-state index in [0.717, 1.165) is 14.5 Å². The van der Waals surface area contributed by atoms with Gasteiger partial charge in [-0.3, -0.25) is 0 Å². The summed E-state index contributed by atoms with van der Waals surface area (Å²) in [4.78, 5) is 11.6. The first-order chi connectivity index (χ1) is 7.11. The van der Waals surface area contributed by atoms with E-state index in [1.807, 2.05) is 25.1 Å². The SMILES string of the molecule is C=C(C)c1oc(=O)c2ccccc2c1I. The van der Waals surface area contributed by atoms with Gasteiger partial charge >= 0.3 is 5.63 Å². The Bertz CT molecular complexity index is 596. The minimum absolute atomic E-state index is 0.302. The molecule has 76 valence electrons. The molecule has 0 aliphatic carbocycles. The Balaban J connectivity index is 2.97. The molecule has 0 N–H and O–H groups in total. The fourth-order valence-electron chi connectivity index (χ4n) is 1.44. The fourth-order valence-corrected chi connectivity index (χ4v) is 2.48. The van der Waals surface area contributed by atoms with E-state index in [4.69, 9.17) is 4.42 Å². The van der Waals surface area contributed by atoms with Gasteiger partial charge in [0.25, 0.3) is 0 Å². The molecule has 0 aliphatic rings. The summed E-state index contributed by atoms with van der Waals surface area (Å²) in [6.45, 7) is 5.63. The smallest absolute Gasteiger partial charge is 0.344 e. The molecule has 3 heteroatoms. The molecule has 0 fully saturated rings. The van der Waals surface area contributed by atoms with Gasteiger partial charge in [0.05, 0.1) is 8.96 Å². The van der Waals surface area contributed by atoms with Gasteiger partial charge in [0.1, 0.15) is 5.76 Å². The van der Waals surface area contributed by atoms with Crippen molar-refractivity contribution in [3.8, 4) is 0 Å². The molecule has 0 saturated carbocycles. The predicted molar refractivity (Wildman–Crippen MR) is 69.9 cm³/mol. The van der Waals surface area contributed by atoms with Gasteiger partial charge in [0.15, 0.2) is 0 Å². The Kier molecular flexibility index (Phi) is 2.65. The predicted octanol–water partition coefficient (Wildman–Crippen LogP) is 3.43. The quantitative estimate of drug-likeness (QED) is 0.755. The molecule has 0 aliphatic heterocycles. The highest BCUT2D eigenvalue weighted by molar-refractivity contribution is 14.1. The lowest BCUT2D eigenvalue weighted by Gasteiger charge is -2.04. The molecule has 2 rings (SSSR count). The Morgan fingerprint density at radius 1 is 1.33 bits per heavy atom. The lowest BCUT2D eigenvalue weighted by atomic mass is 10.1. The van der Waals surface area contributed by atoms with E-state index in [1.54, 1.807) is 6.07 Å². The standard InChI is InChI=1S/C12H9IO2/c1-7(2)11-10(13)8-5-3-4-6-9(8)12(14)15-11/h3-6H,1H2,2H3. The van der Waals surface area contributed by atoms with E-state index >= 15 is 0 Å². The molecule has 1 aromatic heterocycles. The van der Waals surface area contributed by atoms with Crippen LogP contribution in [0.15, 0.2) is 40.1 Å². The highest BCUT2D eigenvalue weighted by Crippen LogP contribution is 2.25. The zero-order valence-corrected chi connectivity index (χ0v) is 10.4. The number of hydrogen-bond donors (Lipinski definition) is 0. The molecule has 0 amide bonds. The second-order valence-electron chi connectivity index (χ2n) is 3.36. The summed E-state index contributed by atoms with van der Waals surface area (Å²) in [6.07, 6.45) is 0. The van der Waals surface area contributed by atoms with Crippen molar-refractivity contribution in [1.29, 1.82) is 0 Å². The lowest BCUT2D eigenvalue weighted by Crippen LogP contribution is -2.03. The van der Waals surface area contributed by atoms with Gasteiger partial charge in [-0.15, -0.1) is 0 Å². The van der Waals surface area contributed by atoms with E-state index in [2.05, 4.69) is 29.2 Å². The van der Waals surface area contributed by atoms with Gasteiger partial charge in [-0.1, -0.05) is 24.8 Å². The van der Waals surface area contributed by atoms with Crippen LogP contribution in [0.3, 0.4) is 0 Å². The normalized spacial score (nSPS) is 10.5. The maximum absolute atomic E-state index is 11.6. The van der Waals surface area contributed by atoms with Crippen LogP contribution >= 0.6 is 22.6 Å². The van der Waals surface area contributed by atoms with Crippen LogP contribution < -0.4 is 5.63 Å². The van der Waals surface area contributed by atoms with Gasteiger partial charge in [0, 0.05) is 5.39 Å². The first kappa shape index (κ1) is 10.4. The largest absolute Gasteiger partial charge is 0.421 e. The molecular formula is C12H9IO2. The van der Waals surface area contributed by atoms with Gasteiger partial charge < -0.3 is 4.42 Å². The van der Waals surface area contributed by atoms with Crippen molar-refractivity contribution < 1.29 is 4.42 Å². The summed E-state index contributed by atoms with van der Waals surface area (Å²) in [5.41, 5.74) is 0.464. The van der Waals surface area contributed by atoms with Gasteiger partial charge in [0.2, 0.25) is 0 Å². The Morgan fingerprint density at radius 2 is 1.93 bits per heavy atom. The summed E-state index contributed by atoms with van der Waals surface area (Å²) in [6, 6.07) is 7.42. The highest BCUT2D eigenvalue weighted by Gasteiger charge is 2.10. The average molecular weight is 312 g/mol. The maximum Gasteiger partial charge on any atom is 0.344 e. The minimum Gasteiger partial charge on any atom is -0.421 e. The molecular weight excluding hydrogens is 303 g/mol. The third-order valence-corrected chi connectivity index (χ3v) is 3.24. The van der Waals surface area contributed by atoms with Crippen molar-refractivity contribution in [2.75, 3.05) is 0 Å². The van der Waals surface area contributed by atoms with Crippen molar-refractivity contribution in [2.24, 2.45) is 0 Å². The van der Waals surface area contributed by atoms with Crippen LogP contribution in [0.25, 0.3) is 16.3 Å². The molecule has 0 saturated heterocycles. The van der Waals surface area contributed by atoms with E-state index in [1.165, 1.54) is 0 Å². The van der Waals surface area contributed by atoms with E-state index in [-0.39, 0.29) is 5.63 Å². The van der Waals surface area contributed by atoms with Gasteiger partial charge in [-0.05, 0) is 41.2 Å². The summed E-state index contributed by atoms with van der Waals surface area (Å²) in [7, 11) is 0. The fraction of sp³-hybridized carbons (Fsp3) is 0.0833. The molecule has 0 radical (unpaired) electrons. The van der Waals surface area contributed by atoms with Gasteiger partial charge in [-0.2, -0.15) is 0 Å². The topological polar surface area (TPSA) is 30.2 Å². The molecule has 1 heterocycles. The Labute approximate surface area is 101 Å². The number of halogens is 1. The van der Waals surface area contributed by atoms with Crippen LogP contribution in [-0.2, 0) is 0 Å². The first-order valence-corrected chi connectivity index (χ1v) is 5.56. The van der Waals surface area contributed by atoms with Crippen LogP contribution in [0.5, 0.6) is 0 Å². The molecule has 2 aromatic rings. The monoisotopic (exact) mass is 312 g/mol. The van der Waals surface area contributed by atoms with E-state index in [0.29, 0.717) is 11.1 Å². The Hall–Kier alpha value is -1.10. The third kappa shape index (κ3) is 1.71. The average Bonchev–Trinajstić information content (AvgIpc) is 2.23. The van der Waals surface area contributed by atoms with Crippen molar-refractivity contribution in [2.45, 2.75) is 6.92 Å². The zero-order chi connectivity index (χ0) is 11.0. The van der Waals surface area contributed by atoms with E-state index in [9.17, 15) is 4.79 Å². The minimum atomic E-state index is -0.302. The molecule has 0 spiro atoms. The van der Waals surface area contributed by atoms with E-state index < -0.39 is 0 Å². The number of allylic oxidation sites excluding steroid dienone is 1. The van der Waals surface area contributed by atoms with Crippen LogP contribution in [-0.4, -0.2) is 0 Å². The molecule has 0 bridgehead atoms. The van der Waals surface area contributed by atoms with Crippen LogP contribution in [0, 0.1) is 3.57 Å². The molecule has 0 unspecified atom stereocenters. The molecule has 1 aromatic carbocycles. The summed E-state index contributed by atoms with van der Waals surface area (Å²) >= 11 is 2.18. The van der Waals surface area contributed by atoms with Crippen molar-refractivity contribution >= 4 is 38.9 Å². The summed E-state index contributed by atoms with van der Waals surface area (Å²) in [5, 5.41) is 1.54. The third-order valence-electron chi connectivity index (χ3n) is 2.17. The second kappa shape index (κ2) is 3.81. The summed E-state index contributed by atoms with van der Waals surface area (Å²) in [5.74, 6) is 0.583. The molecule has 15 heavy (non-hydrogen) atoms. The Morgan fingerprint density at radius 3 is 2.53 bits per heavy atom. The maximum atomic E-state index is 11.6. The number of rotatable bonds is 1.